The summed E-state index contributed by atoms with van der Waals surface area (Å²) in [6.07, 6.45) is 0. The normalized spacial score (nSPS) is 12.1. The number of benzene rings is 1. The zero-order valence-electron chi connectivity index (χ0n) is 10.2. The summed E-state index contributed by atoms with van der Waals surface area (Å²) >= 11 is 1.91. The number of amides is 1. The summed E-state index contributed by atoms with van der Waals surface area (Å²) < 4.78 is 9.57. The van der Waals surface area contributed by atoms with Crippen LogP contribution in [0.3, 0.4) is 0 Å². The summed E-state index contributed by atoms with van der Waals surface area (Å²) in [5.74, 6) is -0.484. The number of fused-ring (bicyclic) bond motifs is 1. The topological polar surface area (TPSA) is 68.5 Å². The Morgan fingerprint density at radius 1 is 1.42 bits per heavy atom. The highest BCUT2D eigenvalue weighted by Gasteiger charge is 2.18. The van der Waals surface area contributed by atoms with Crippen molar-refractivity contribution in [2.45, 2.75) is 3.92 Å². The Labute approximate surface area is 123 Å². The van der Waals surface area contributed by atoms with Crippen molar-refractivity contribution in [2.24, 2.45) is 0 Å². The summed E-state index contributed by atoms with van der Waals surface area (Å²) in [6.45, 7) is 0.198. The Morgan fingerprint density at radius 2 is 2.16 bits per heavy atom. The van der Waals surface area contributed by atoms with Crippen LogP contribution < -0.4 is 5.32 Å². The fraction of sp³-hybridized carbons (Fsp3) is 0.231. The molecule has 1 heterocycles. The predicted octanol–water partition coefficient (Wildman–Crippen LogP) is 2.14. The molecule has 19 heavy (non-hydrogen) atoms. The monoisotopic (exact) mass is 373 g/mol. The van der Waals surface area contributed by atoms with Crippen LogP contribution in [0.15, 0.2) is 34.7 Å². The predicted molar refractivity (Wildman–Crippen MR) is 78.4 cm³/mol. The molecular weight excluding hydrogens is 361 g/mol. The summed E-state index contributed by atoms with van der Waals surface area (Å²) in [5, 5.41) is 3.50. The van der Waals surface area contributed by atoms with Gasteiger partial charge in [-0.05, 0) is 12.1 Å². The lowest BCUT2D eigenvalue weighted by Gasteiger charge is -2.07. The minimum absolute atomic E-state index is 0.198. The number of esters is 1. The van der Waals surface area contributed by atoms with E-state index in [0.717, 1.165) is 5.39 Å². The van der Waals surface area contributed by atoms with Crippen molar-refractivity contribution in [1.82, 2.24) is 5.32 Å². The molecule has 2 rings (SSSR count). The zero-order chi connectivity index (χ0) is 13.8. The molecule has 6 heteroatoms. The first-order valence-corrected chi connectivity index (χ1v) is 6.85. The van der Waals surface area contributed by atoms with Gasteiger partial charge in [0.15, 0.2) is 5.76 Å². The molecule has 0 fully saturated rings. The lowest BCUT2D eigenvalue weighted by molar-refractivity contribution is -0.139. The summed E-state index contributed by atoms with van der Waals surface area (Å²) in [4.78, 5) is 23.1. The van der Waals surface area contributed by atoms with E-state index in [-0.39, 0.29) is 24.2 Å². The number of nitrogens with one attached hydrogen (secondary N) is 1. The number of hydrogen-bond donors (Lipinski definition) is 1. The van der Waals surface area contributed by atoms with Crippen molar-refractivity contribution in [1.29, 1.82) is 0 Å². The first-order valence-electron chi connectivity index (χ1n) is 5.60. The molecule has 1 aromatic carbocycles. The third-order valence-corrected chi connectivity index (χ3v) is 3.50. The molecule has 1 aromatic heterocycles. The Bertz CT molecular complexity index is 574. The van der Waals surface area contributed by atoms with Crippen molar-refractivity contribution in [3.8, 4) is 0 Å². The van der Waals surface area contributed by atoms with Crippen molar-refractivity contribution in [3.63, 3.8) is 0 Å². The Morgan fingerprint density at radius 3 is 2.84 bits per heavy atom. The molecule has 0 saturated heterocycles. The van der Waals surface area contributed by atoms with Crippen LogP contribution in [0.2, 0.25) is 0 Å². The minimum Gasteiger partial charge on any atom is -0.468 e. The quantitative estimate of drug-likeness (QED) is 0.507. The number of methoxy groups -OCH3 is 1. The van der Waals surface area contributed by atoms with Crippen LogP contribution in [0, 0.1) is 0 Å². The molecule has 1 atom stereocenters. The van der Waals surface area contributed by atoms with E-state index in [1.807, 2.05) is 40.8 Å². The van der Waals surface area contributed by atoms with E-state index >= 15 is 0 Å². The highest BCUT2D eigenvalue weighted by molar-refractivity contribution is 14.1. The molecule has 1 amide bonds. The van der Waals surface area contributed by atoms with Gasteiger partial charge in [0, 0.05) is 11.9 Å². The minimum atomic E-state index is -0.420. The van der Waals surface area contributed by atoms with E-state index in [0.29, 0.717) is 5.58 Å². The van der Waals surface area contributed by atoms with Gasteiger partial charge in [0.1, 0.15) is 9.51 Å². The van der Waals surface area contributed by atoms with Crippen LogP contribution in [0.1, 0.15) is 10.6 Å². The SMILES string of the molecule is COC(=O)C(I)CNC(=O)c1cc2ccccc2o1. The largest absolute Gasteiger partial charge is 0.468 e. The van der Waals surface area contributed by atoms with Crippen LogP contribution in [0.5, 0.6) is 0 Å². The van der Waals surface area contributed by atoms with Gasteiger partial charge in [-0.2, -0.15) is 0 Å². The second-order valence-electron chi connectivity index (χ2n) is 3.85. The number of carbonyl (C=O) groups excluding carboxylic acids is 2. The van der Waals surface area contributed by atoms with Crippen molar-refractivity contribution in [3.05, 3.63) is 36.1 Å². The number of hydrogen-bond acceptors (Lipinski definition) is 4. The van der Waals surface area contributed by atoms with Gasteiger partial charge in [-0.1, -0.05) is 40.8 Å². The van der Waals surface area contributed by atoms with Crippen molar-refractivity contribution in [2.75, 3.05) is 13.7 Å². The average Bonchev–Trinajstić information content (AvgIpc) is 2.87. The molecular formula is C13H12INO4. The number of alkyl halides is 1. The summed E-state index contributed by atoms with van der Waals surface area (Å²) in [6, 6.07) is 9.04. The van der Waals surface area contributed by atoms with E-state index in [1.54, 1.807) is 12.1 Å². The van der Waals surface area contributed by atoms with E-state index in [9.17, 15) is 9.59 Å². The lowest BCUT2D eigenvalue weighted by Crippen LogP contribution is -2.33. The Hall–Kier alpha value is -1.57. The molecule has 0 saturated carbocycles. The molecule has 0 aliphatic heterocycles. The van der Waals surface area contributed by atoms with Gasteiger partial charge < -0.3 is 14.5 Å². The van der Waals surface area contributed by atoms with E-state index in [1.165, 1.54) is 7.11 Å². The zero-order valence-corrected chi connectivity index (χ0v) is 12.3. The number of carbonyl (C=O) groups is 2. The van der Waals surface area contributed by atoms with Gasteiger partial charge in [0.05, 0.1) is 7.11 Å². The van der Waals surface area contributed by atoms with Crippen LogP contribution >= 0.6 is 22.6 Å². The molecule has 100 valence electrons. The molecule has 5 nitrogen and oxygen atoms in total. The Balaban J connectivity index is 2.02. The van der Waals surface area contributed by atoms with Gasteiger partial charge in [0.2, 0.25) is 0 Å². The third kappa shape index (κ3) is 3.25. The second-order valence-corrected chi connectivity index (χ2v) is 5.35. The van der Waals surface area contributed by atoms with Crippen LogP contribution in [-0.4, -0.2) is 29.5 Å². The first-order chi connectivity index (χ1) is 9.11. The van der Waals surface area contributed by atoms with Gasteiger partial charge in [0.25, 0.3) is 5.91 Å². The standard InChI is InChI=1S/C13H12INO4/c1-18-13(17)9(14)7-15-12(16)11-6-8-4-2-3-5-10(8)19-11/h2-6,9H,7H2,1H3,(H,15,16). The van der Waals surface area contributed by atoms with Crippen molar-refractivity contribution >= 4 is 45.4 Å². The highest BCUT2D eigenvalue weighted by atomic mass is 127. The van der Waals surface area contributed by atoms with E-state index in [4.69, 9.17) is 4.42 Å². The number of furan rings is 1. The molecule has 0 spiro atoms. The maximum Gasteiger partial charge on any atom is 0.320 e. The summed E-state index contributed by atoms with van der Waals surface area (Å²) in [7, 11) is 1.31. The summed E-state index contributed by atoms with van der Waals surface area (Å²) in [5.41, 5.74) is 0.659. The van der Waals surface area contributed by atoms with Gasteiger partial charge in [-0.3, -0.25) is 9.59 Å². The third-order valence-electron chi connectivity index (χ3n) is 2.55. The lowest BCUT2D eigenvalue weighted by atomic mass is 10.2. The van der Waals surface area contributed by atoms with Gasteiger partial charge in [-0.25, -0.2) is 0 Å². The number of rotatable bonds is 4. The number of halogens is 1. The molecule has 0 radical (unpaired) electrons. The second kappa shape index (κ2) is 6.05. The van der Waals surface area contributed by atoms with Gasteiger partial charge in [-0.15, -0.1) is 0 Å². The Kier molecular flexibility index (Phi) is 4.41. The molecule has 0 aliphatic carbocycles. The number of ether oxygens (including phenoxy) is 1. The average molecular weight is 373 g/mol. The van der Waals surface area contributed by atoms with Crippen molar-refractivity contribution < 1.29 is 18.7 Å². The fourth-order valence-electron chi connectivity index (χ4n) is 1.57. The number of para-hydroxylation sites is 1. The van der Waals surface area contributed by atoms with E-state index < -0.39 is 3.92 Å². The fourth-order valence-corrected chi connectivity index (χ4v) is 2.05. The highest BCUT2D eigenvalue weighted by Crippen LogP contribution is 2.18. The molecule has 0 bridgehead atoms. The van der Waals surface area contributed by atoms with Crippen LogP contribution in [0.4, 0.5) is 0 Å². The smallest absolute Gasteiger partial charge is 0.320 e. The van der Waals surface area contributed by atoms with E-state index in [2.05, 4.69) is 10.1 Å². The first kappa shape index (κ1) is 13.9. The maximum absolute atomic E-state index is 11.9. The van der Waals surface area contributed by atoms with Gasteiger partial charge >= 0.3 is 5.97 Å². The molecule has 1 N–H and O–H groups in total. The molecule has 1 unspecified atom stereocenters. The van der Waals surface area contributed by atoms with Crippen LogP contribution in [0.25, 0.3) is 11.0 Å². The molecule has 2 aromatic rings. The maximum atomic E-state index is 11.9. The molecule has 0 aliphatic rings. The van der Waals surface area contributed by atoms with Crippen LogP contribution in [-0.2, 0) is 9.53 Å².